The van der Waals surface area contributed by atoms with Crippen molar-refractivity contribution in [3.63, 3.8) is 0 Å². The second-order valence-electron chi connectivity index (χ2n) is 5.26. The van der Waals surface area contributed by atoms with E-state index in [2.05, 4.69) is 4.98 Å². The summed E-state index contributed by atoms with van der Waals surface area (Å²) >= 11 is 0. The van der Waals surface area contributed by atoms with Gasteiger partial charge in [-0.05, 0) is 30.3 Å². The number of amides is 1. The van der Waals surface area contributed by atoms with Gasteiger partial charge in [0.25, 0.3) is 5.91 Å². The fraction of sp³-hybridized carbons (Fsp3) is 0.278. The molecule has 1 N–H and O–H groups in total. The third kappa shape index (κ3) is 5.45. The predicted molar refractivity (Wildman–Crippen MR) is 93.9 cm³/mol. The molecule has 26 heavy (non-hydrogen) atoms. The Labute approximate surface area is 150 Å². The number of hydrogen-bond donors (Lipinski definition) is 1. The van der Waals surface area contributed by atoms with Crippen LogP contribution < -0.4 is 14.4 Å². The third-order valence-electron chi connectivity index (χ3n) is 3.41. The van der Waals surface area contributed by atoms with Crippen molar-refractivity contribution < 1.29 is 28.9 Å². The van der Waals surface area contributed by atoms with E-state index in [0.717, 1.165) is 0 Å². The Balaban J connectivity index is 2.04. The van der Waals surface area contributed by atoms with E-state index in [0.29, 0.717) is 36.1 Å². The lowest BCUT2D eigenvalue weighted by Gasteiger charge is -2.18. The minimum absolute atomic E-state index is 0.233. The van der Waals surface area contributed by atoms with Gasteiger partial charge in [-0.25, -0.2) is 9.78 Å². The molecule has 0 spiro atoms. The molecule has 0 atom stereocenters. The number of carbonyl (C=O) groups is 2. The minimum Gasteiger partial charge on any atom is -0.482 e. The largest absolute Gasteiger partial charge is 0.482 e. The molecule has 1 aromatic carbocycles. The molecule has 0 radical (unpaired) electrons. The highest BCUT2D eigenvalue weighted by molar-refractivity contribution is 6.05. The van der Waals surface area contributed by atoms with Crippen LogP contribution in [0.25, 0.3) is 0 Å². The van der Waals surface area contributed by atoms with Crippen LogP contribution in [0.2, 0.25) is 0 Å². The first-order chi connectivity index (χ1) is 12.5. The van der Waals surface area contributed by atoms with Crippen molar-refractivity contribution in [1.29, 1.82) is 0 Å². The second-order valence-corrected chi connectivity index (χ2v) is 5.26. The summed E-state index contributed by atoms with van der Waals surface area (Å²) in [6.45, 7) is 0.349. The number of anilines is 1. The maximum absolute atomic E-state index is 12.6. The van der Waals surface area contributed by atoms with Gasteiger partial charge >= 0.3 is 5.97 Å². The highest BCUT2D eigenvalue weighted by Gasteiger charge is 2.15. The number of carbonyl (C=O) groups excluding carboxylic acids is 1. The number of pyridine rings is 1. The maximum Gasteiger partial charge on any atom is 0.341 e. The van der Waals surface area contributed by atoms with E-state index in [4.69, 9.17) is 19.3 Å². The van der Waals surface area contributed by atoms with Gasteiger partial charge in [0.05, 0.1) is 6.61 Å². The molecular weight excluding hydrogens is 340 g/mol. The average molecular weight is 360 g/mol. The van der Waals surface area contributed by atoms with E-state index in [1.54, 1.807) is 50.6 Å². The van der Waals surface area contributed by atoms with Crippen LogP contribution in [-0.4, -0.2) is 55.9 Å². The number of ether oxygens (including phenoxy) is 3. The van der Waals surface area contributed by atoms with Gasteiger partial charge in [-0.3, -0.25) is 4.79 Å². The van der Waals surface area contributed by atoms with E-state index >= 15 is 0 Å². The predicted octanol–water partition coefficient (Wildman–Crippen LogP) is 1.85. The SMILES string of the molecule is COCCOc1cc(C(=O)N(C)c2ccc(OCC(=O)O)cc2)ccn1. The molecule has 8 nitrogen and oxygen atoms in total. The highest BCUT2D eigenvalue weighted by Crippen LogP contribution is 2.21. The molecule has 0 aliphatic rings. The van der Waals surface area contributed by atoms with Crippen molar-refractivity contribution in [3.05, 3.63) is 48.2 Å². The normalized spacial score (nSPS) is 10.2. The molecule has 1 aromatic heterocycles. The number of aromatic nitrogens is 1. The summed E-state index contributed by atoms with van der Waals surface area (Å²) in [7, 11) is 3.21. The first kappa shape index (κ1) is 19.2. The number of benzene rings is 1. The number of nitrogens with zero attached hydrogens (tertiary/aromatic N) is 2. The fourth-order valence-electron chi connectivity index (χ4n) is 2.07. The lowest BCUT2D eigenvalue weighted by atomic mass is 10.2. The molecule has 0 bridgehead atoms. The second kappa shape index (κ2) is 9.38. The number of hydrogen-bond acceptors (Lipinski definition) is 6. The zero-order valence-electron chi connectivity index (χ0n) is 14.5. The Bertz CT molecular complexity index is 748. The van der Waals surface area contributed by atoms with Gasteiger partial charge in [-0.1, -0.05) is 0 Å². The van der Waals surface area contributed by atoms with Crippen LogP contribution in [0.5, 0.6) is 11.6 Å². The minimum atomic E-state index is -1.05. The summed E-state index contributed by atoms with van der Waals surface area (Å²) in [5.74, 6) is -0.528. The van der Waals surface area contributed by atoms with Crippen molar-refractivity contribution in [1.82, 2.24) is 4.98 Å². The Morgan fingerprint density at radius 2 is 1.85 bits per heavy atom. The molecule has 2 rings (SSSR count). The molecule has 1 amide bonds. The van der Waals surface area contributed by atoms with Gasteiger partial charge in [0, 0.05) is 37.7 Å². The van der Waals surface area contributed by atoms with Crippen LogP contribution in [0.4, 0.5) is 5.69 Å². The van der Waals surface area contributed by atoms with E-state index in [1.165, 1.54) is 11.1 Å². The van der Waals surface area contributed by atoms with Gasteiger partial charge in [0.2, 0.25) is 5.88 Å². The molecule has 8 heteroatoms. The van der Waals surface area contributed by atoms with Crippen molar-refractivity contribution in [3.8, 4) is 11.6 Å². The summed E-state index contributed by atoms with van der Waals surface area (Å²) < 4.78 is 15.4. The topological polar surface area (TPSA) is 98.2 Å². The first-order valence-corrected chi connectivity index (χ1v) is 7.81. The van der Waals surface area contributed by atoms with Gasteiger partial charge in [0.1, 0.15) is 12.4 Å². The smallest absolute Gasteiger partial charge is 0.341 e. The zero-order chi connectivity index (χ0) is 18.9. The van der Waals surface area contributed by atoms with Gasteiger partial charge in [0.15, 0.2) is 6.61 Å². The summed E-state index contributed by atoms with van der Waals surface area (Å²) in [5.41, 5.74) is 1.07. The average Bonchev–Trinajstić information content (AvgIpc) is 2.66. The molecule has 0 unspecified atom stereocenters. The summed E-state index contributed by atoms with van der Waals surface area (Å²) in [4.78, 5) is 28.7. The van der Waals surface area contributed by atoms with E-state index in [9.17, 15) is 9.59 Å². The molecule has 138 valence electrons. The standard InChI is InChI=1S/C18H20N2O6/c1-20(14-3-5-15(6-4-14)26-12-17(21)22)18(23)13-7-8-19-16(11-13)25-10-9-24-2/h3-8,11H,9-10,12H2,1-2H3,(H,21,22). The Morgan fingerprint density at radius 1 is 1.12 bits per heavy atom. The van der Waals surface area contributed by atoms with Crippen LogP contribution in [0.3, 0.4) is 0 Å². The Hall–Kier alpha value is -3.13. The number of rotatable bonds is 9. The molecular formula is C18H20N2O6. The molecule has 0 fully saturated rings. The number of carboxylic acid groups (broad SMARTS) is 1. The lowest BCUT2D eigenvalue weighted by molar-refractivity contribution is -0.139. The molecule has 0 aliphatic carbocycles. The zero-order valence-corrected chi connectivity index (χ0v) is 14.5. The first-order valence-electron chi connectivity index (χ1n) is 7.81. The van der Waals surface area contributed by atoms with Crippen LogP contribution >= 0.6 is 0 Å². The van der Waals surface area contributed by atoms with E-state index in [-0.39, 0.29) is 5.91 Å². The maximum atomic E-state index is 12.6. The molecule has 2 aromatic rings. The molecule has 1 heterocycles. The van der Waals surface area contributed by atoms with Crippen molar-refractivity contribution in [2.24, 2.45) is 0 Å². The van der Waals surface area contributed by atoms with Gasteiger partial charge < -0.3 is 24.2 Å². The molecule has 0 saturated heterocycles. The van der Waals surface area contributed by atoms with Crippen LogP contribution in [-0.2, 0) is 9.53 Å². The van der Waals surface area contributed by atoms with Crippen LogP contribution in [0, 0.1) is 0 Å². The Morgan fingerprint density at radius 3 is 2.50 bits per heavy atom. The van der Waals surface area contributed by atoms with Crippen molar-refractivity contribution in [2.45, 2.75) is 0 Å². The number of aliphatic carboxylic acids is 1. The van der Waals surface area contributed by atoms with Crippen LogP contribution in [0.15, 0.2) is 42.6 Å². The van der Waals surface area contributed by atoms with Gasteiger partial charge in [-0.15, -0.1) is 0 Å². The summed E-state index contributed by atoms with van der Waals surface area (Å²) in [6.07, 6.45) is 1.51. The number of carboxylic acids is 1. The summed E-state index contributed by atoms with van der Waals surface area (Å²) in [5, 5.41) is 8.61. The van der Waals surface area contributed by atoms with E-state index < -0.39 is 12.6 Å². The van der Waals surface area contributed by atoms with E-state index in [1.807, 2.05) is 0 Å². The monoisotopic (exact) mass is 360 g/mol. The van der Waals surface area contributed by atoms with Crippen molar-refractivity contribution >= 4 is 17.6 Å². The van der Waals surface area contributed by atoms with Crippen molar-refractivity contribution in [2.75, 3.05) is 38.9 Å². The fourth-order valence-corrected chi connectivity index (χ4v) is 2.07. The quantitative estimate of drug-likeness (QED) is 0.681. The van der Waals surface area contributed by atoms with Gasteiger partial charge in [-0.2, -0.15) is 0 Å². The highest BCUT2D eigenvalue weighted by atomic mass is 16.5. The lowest BCUT2D eigenvalue weighted by Crippen LogP contribution is -2.26. The molecule has 0 saturated carbocycles. The third-order valence-corrected chi connectivity index (χ3v) is 3.41. The molecule has 0 aliphatic heterocycles. The summed E-state index contributed by atoms with van der Waals surface area (Å²) in [6, 6.07) is 9.73. The number of methoxy groups -OCH3 is 1. The Kier molecular flexibility index (Phi) is 6.92. The van der Waals surface area contributed by atoms with Crippen LogP contribution in [0.1, 0.15) is 10.4 Å².